The SMILES string of the molecule is CN(C)C1CCN(c2nc(CO)co2)CC1. The van der Waals surface area contributed by atoms with Gasteiger partial charge >= 0.3 is 0 Å². The van der Waals surface area contributed by atoms with E-state index in [2.05, 4.69) is 28.9 Å². The second-order valence-corrected chi connectivity index (χ2v) is 4.46. The Bertz CT molecular complexity index is 330. The van der Waals surface area contributed by atoms with Gasteiger partial charge in [-0.05, 0) is 26.9 Å². The first-order valence-corrected chi connectivity index (χ1v) is 5.67. The van der Waals surface area contributed by atoms with Crippen molar-refractivity contribution in [1.29, 1.82) is 0 Å². The van der Waals surface area contributed by atoms with Gasteiger partial charge in [0.25, 0.3) is 6.01 Å². The zero-order valence-corrected chi connectivity index (χ0v) is 9.89. The van der Waals surface area contributed by atoms with Gasteiger partial charge in [-0.15, -0.1) is 0 Å². The van der Waals surface area contributed by atoms with E-state index in [1.54, 1.807) is 0 Å². The molecule has 0 amide bonds. The van der Waals surface area contributed by atoms with Crippen molar-refractivity contribution in [3.63, 3.8) is 0 Å². The lowest BCUT2D eigenvalue weighted by Crippen LogP contribution is -2.42. The largest absolute Gasteiger partial charge is 0.432 e. The number of aromatic nitrogens is 1. The first kappa shape index (κ1) is 11.4. The third-order valence-electron chi connectivity index (χ3n) is 3.17. The van der Waals surface area contributed by atoms with Crippen molar-refractivity contribution in [2.45, 2.75) is 25.5 Å². The monoisotopic (exact) mass is 225 g/mol. The zero-order chi connectivity index (χ0) is 11.5. The van der Waals surface area contributed by atoms with Crippen molar-refractivity contribution in [2.75, 3.05) is 32.1 Å². The van der Waals surface area contributed by atoms with Crippen LogP contribution in [0.25, 0.3) is 0 Å². The van der Waals surface area contributed by atoms with Crippen LogP contribution in [0.5, 0.6) is 0 Å². The number of nitrogens with zero attached hydrogens (tertiary/aromatic N) is 3. The molecule has 0 bridgehead atoms. The van der Waals surface area contributed by atoms with Gasteiger partial charge in [0.2, 0.25) is 0 Å². The van der Waals surface area contributed by atoms with Crippen LogP contribution in [-0.2, 0) is 6.61 Å². The van der Waals surface area contributed by atoms with Gasteiger partial charge < -0.3 is 19.3 Å². The molecule has 5 heteroatoms. The summed E-state index contributed by atoms with van der Waals surface area (Å²) in [6, 6.07) is 1.30. The third kappa shape index (κ3) is 2.36. The summed E-state index contributed by atoms with van der Waals surface area (Å²) in [6.07, 6.45) is 3.78. The van der Waals surface area contributed by atoms with Crippen molar-refractivity contribution in [1.82, 2.24) is 9.88 Å². The van der Waals surface area contributed by atoms with Gasteiger partial charge in [-0.25, -0.2) is 0 Å². The molecule has 0 radical (unpaired) electrons. The number of rotatable bonds is 3. The molecule has 1 N–H and O–H groups in total. The van der Waals surface area contributed by atoms with Crippen LogP contribution in [0.3, 0.4) is 0 Å². The van der Waals surface area contributed by atoms with Crippen LogP contribution >= 0.6 is 0 Å². The molecule has 5 nitrogen and oxygen atoms in total. The fraction of sp³-hybridized carbons (Fsp3) is 0.727. The summed E-state index contributed by atoms with van der Waals surface area (Å²) in [4.78, 5) is 8.63. The van der Waals surface area contributed by atoms with Crippen LogP contribution in [0.15, 0.2) is 10.7 Å². The van der Waals surface area contributed by atoms with Gasteiger partial charge in [-0.3, -0.25) is 0 Å². The fourth-order valence-corrected chi connectivity index (χ4v) is 2.09. The first-order chi connectivity index (χ1) is 7.70. The Hall–Kier alpha value is -1.07. The zero-order valence-electron chi connectivity index (χ0n) is 9.89. The van der Waals surface area contributed by atoms with Gasteiger partial charge in [-0.2, -0.15) is 4.98 Å². The molecule has 0 aromatic carbocycles. The summed E-state index contributed by atoms with van der Waals surface area (Å²) in [5.74, 6) is 0. The predicted molar refractivity (Wildman–Crippen MR) is 61.3 cm³/mol. The minimum absolute atomic E-state index is 0.0579. The van der Waals surface area contributed by atoms with Crippen molar-refractivity contribution in [3.8, 4) is 0 Å². The van der Waals surface area contributed by atoms with Crippen molar-refractivity contribution < 1.29 is 9.52 Å². The van der Waals surface area contributed by atoms with Gasteiger partial charge in [0, 0.05) is 19.1 Å². The Morgan fingerprint density at radius 1 is 1.50 bits per heavy atom. The molecule has 0 unspecified atom stereocenters. The van der Waals surface area contributed by atoms with Gasteiger partial charge in [-0.1, -0.05) is 0 Å². The van der Waals surface area contributed by atoms with Crippen LogP contribution < -0.4 is 4.90 Å². The topological polar surface area (TPSA) is 52.7 Å². The molecule has 0 saturated carbocycles. The van der Waals surface area contributed by atoms with E-state index in [0.717, 1.165) is 25.9 Å². The molecule has 0 spiro atoms. The highest BCUT2D eigenvalue weighted by Gasteiger charge is 2.23. The number of hydrogen-bond acceptors (Lipinski definition) is 5. The minimum atomic E-state index is -0.0579. The highest BCUT2D eigenvalue weighted by Crippen LogP contribution is 2.20. The molecule has 2 heterocycles. The average Bonchev–Trinajstić information content (AvgIpc) is 2.77. The highest BCUT2D eigenvalue weighted by molar-refractivity contribution is 5.27. The molecular formula is C11H19N3O2. The summed E-state index contributed by atoms with van der Waals surface area (Å²) < 4.78 is 5.33. The van der Waals surface area contributed by atoms with Crippen molar-refractivity contribution in [3.05, 3.63) is 12.0 Å². The van der Waals surface area contributed by atoms with Crippen LogP contribution in [0.2, 0.25) is 0 Å². The number of piperidine rings is 1. The van der Waals surface area contributed by atoms with E-state index in [9.17, 15) is 0 Å². The Morgan fingerprint density at radius 3 is 2.69 bits per heavy atom. The van der Waals surface area contributed by atoms with E-state index in [-0.39, 0.29) is 6.61 Å². The molecule has 1 aromatic rings. The minimum Gasteiger partial charge on any atom is -0.432 e. The van der Waals surface area contributed by atoms with Crippen LogP contribution in [-0.4, -0.2) is 48.2 Å². The number of oxazole rings is 1. The maximum absolute atomic E-state index is 8.92. The van der Waals surface area contributed by atoms with Crippen LogP contribution in [0.1, 0.15) is 18.5 Å². The smallest absolute Gasteiger partial charge is 0.297 e. The van der Waals surface area contributed by atoms with E-state index >= 15 is 0 Å². The maximum Gasteiger partial charge on any atom is 0.297 e. The Morgan fingerprint density at radius 2 is 2.19 bits per heavy atom. The summed E-state index contributed by atoms with van der Waals surface area (Å²) >= 11 is 0. The third-order valence-corrected chi connectivity index (χ3v) is 3.17. The van der Waals surface area contributed by atoms with Crippen molar-refractivity contribution in [2.24, 2.45) is 0 Å². The molecule has 1 aliphatic rings. The van der Waals surface area contributed by atoms with Gasteiger partial charge in [0.15, 0.2) is 0 Å². The fourth-order valence-electron chi connectivity index (χ4n) is 2.09. The number of aliphatic hydroxyl groups is 1. The summed E-state index contributed by atoms with van der Waals surface area (Å²) in [5, 5.41) is 8.92. The lowest BCUT2D eigenvalue weighted by Gasteiger charge is -2.34. The Balaban J connectivity index is 1.93. The standard InChI is InChI=1S/C11H19N3O2/c1-13(2)10-3-5-14(6-4-10)11-12-9(7-15)8-16-11/h8,10,15H,3-7H2,1-2H3. The molecule has 0 atom stereocenters. The second-order valence-electron chi connectivity index (χ2n) is 4.46. The molecule has 16 heavy (non-hydrogen) atoms. The quantitative estimate of drug-likeness (QED) is 0.820. The first-order valence-electron chi connectivity index (χ1n) is 5.67. The Kier molecular flexibility index (Phi) is 3.46. The molecule has 1 saturated heterocycles. The Labute approximate surface area is 95.7 Å². The normalized spacial score (nSPS) is 18.4. The van der Waals surface area contributed by atoms with Gasteiger partial charge in [0.05, 0.1) is 6.61 Å². The molecule has 1 aliphatic heterocycles. The van der Waals surface area contributed by atoms with E-state index < -0.39 is 0 Å². The lowest BCUT2D eigenvalue weighted by molar-refractivity contribution is 0.246. The molecular weight excluding hydrogens is 206 g/mol. The maximum atomic E-state index is 8.92. The average molecular weight is 225 g/mol. The van der Waals surface area contributed by atoms with E-state index in [1.165, 1.54) is 6.26 Å². The van der Waals surface area contributed by atoms with E-state index in [1.807, 2.05) is 0 Å². The summed E-state index contributed by atoms with van der Waals surface area (Å²) in [5.41, 5.74) is 0.602. The molecule has 1 aromatic heterocycles. The number of hydrogen-bond donors (Lipinski definition) is 1. The number of anilines is 1. The van der Waals surface area contributed by atoms with Crippen molar-refractivity contribution >= 4 is 6.01 Å². The molecule has 0 aliphatic carbocycles. The lowest BCUT2D eigenvalue weighted by atomic mass is 10.0. The number of aliphatic hydroxyl groups excluding tert-OH is 1. The van der Waals surface area contributed by atoms with E-state index in [4.69, 9.17) is 9.52 Å². The molecule has 90 valence electrons. The predicted octanol–water partition coefficient (Wildman–Crippen LogP) is 0.697. The highest BCUT2D eigenvalue weighted by atomic mass is 16.4. The van der Waals surface area contributed by atoms with E-state index in [0.29, 0.717) is 17.8 Å². The van der Waals surface area contributed by atoms with Gasteiger partial charge in [0.1, 0.15) is 12.0 Å². The molecule has 2 rings (SSSR count). The molecule has 1 fully saturated rings. The summed E-state index contributed by atoms with van der Waals surface area (Å²) in [6.45, 7) is 1.88. The van der Waals surface area contributed by atoms with Crippen LogP contribution in [0, 0.1) is 0 Å². The summed E-state index contributed by atoms with van der Waals surface area (Å²) in [7, 11) is 4.24. The van der Waals surface area contributed by atoms with Crippen LogP contribution in [0.4, 0.5) is 6.01 Å². The second kappa shape index (κ2) is 4.84.